The number of hydrogen-bond donors (Lipinski definition) is 0. The fourth-order valence-electron chi connectivity index (χ4n) is 1.35. The van der Waals surface area contributed by atoms with Gasteiger partial charge in [-0.05, 0) is 31.6 Å². The quantitative estimate of drug-likeness (QED) is 0.503. The van der Waals surface area contributed by atoms with Crippen LogP contribution < -0.4 is 0 Å². The summed E-state index contributed by atoms with van der Waals surface area (Å²) < 4.78 is 10.9. The first-order valence-electron chi connectivity index (χ1n) is 7.22. The third kappa shape index (κ3) is 12.1. The van der Waals surface area contributed by atoms with Crippen LogP contribution in [0.3, 0.4) is 0 Å². The standard InChI is InChI=1S/C15H30O3/c1-13(2)8-11-17-9-6-5-7-10-18-12-15(16)14(3)4/h13-14H,5-12H2,1-4H3. The number of unbranched alkanes of at least 4 members (excludes halogenated alkanes) is 2. The van der Waals surface area contributed by atoms with Crippen LogP contribution in [0.1, 0.15) is 53.4 Å². The van der Waals surface area contributed by atoms with Crippen molar-refractivity contribution in [2.24, 2.45) is 11.8 Å². The van der Waals surface area contributed by atoms with Gasteiger partial charge in [0.2, 0.25) is 0 Å². The highest BCUT2D eigenvalue weighted by Crippen LogP contribution is 2.02. The van der Waals surface area contributed by atoms with Gasteiger partial charge in [-0.3, -0.25) is 4.79 Å². The summed E-state index contributed by atoms with van der Waals surface area (Å²) in [5.74, 6) is 0.989. The Balaban J connectivity index is 3.10. The highest BCUT2D eigenvalue weighted by molar-refractivity contribution is 5.81. The molecule has 0 spiro atoms. The van der Waals surface area contributed by atoms with Crippen molar-refractivity contribution < 1.29 is 14.3 Å². The molecule has 3 nitrogen and oxygen atoms in total. The first-order valence-corrected chi connectivity index (χ1v) is 7.22. The summed E-state index contributed by atoms with van der Waals surface area (Å²) in [6.07, 6.45) is 4.34. The van der Waals surface area contributed by atoms with Gasteiger partial charge in [0.25, 0.3) is 0 Å². The van der Waals surface area contributed by atoms with E-state index in [0.717, 1.165) is 44.8 Å². The number of Topliss-reactive ketones (excluding diaryl/α,β-unsaturated/α-hetero) is 1. The molecule has 0 aliphatic rings. The van der Waals surface area contributed by atoms with Crippen LogP contribution in [-0.4, -0.2) is 32.2 Å². The highest BCUT2D eigenvalue weighted by Gasteiger charge is 2.06. The molecule has 0 unspecified atom stereocenters. The lowest BCUT2D eigenvalue weighted by Crippen LogP contribution is -2.15. The molecule has 0 rings (SSSR count). The van der Waals surface area contributed by atoms with E-state index < -0.39 is 0 Å². The molecule has 0 saturated carbocycles. The fraction of sp³-hybridized carbons (Fsp3) is 0.933. The molecule has 3 heteroatoms. The van der Waals surface area contributed by atoms with Crippen LogP contribution in [0.2, 0.25) is 0 Å². The van der Waals surface area contributed by atoms with Crippen LogP contribution in [0.15, 0.2) is 0 Å². The Morgan fingerprint density at radius 3 is 2.06 bits per heavy atom. The maximum Gasteiger partial charge on any atom is 0.160 e. The largest absolute Gasteiger partial charge is 0.381 e. The van der Waals surface area contributed by atoms with Crippen LogP contribution in [0.25, 0.3) is 0 Å². The number of hydrogen-bond acceptors (Lipinski definition) is 3. The first-order chi connectivity index (χ1) is 8.54. The van der Waals surface area contributed by atoms with E-state index in [1.54, 1.807) is 0 Å². The SMILES string of the molecule is CC(C)CCOCCCCCOCC(=O)C(C)C. The molecule has 0 atom stereocenters. The molecule has 0 heterocycles. The Bertz CT molecular complexity index is 200. The van der Waals surface area contributed by atoms with E-state index in [0.29, 0.717) is 6.61 Å². The van der Waals surface area contributed by atoms with Crippen molar-refractivity contribution in [2.75, 3.05) is 26.4 Å². The zero-order valence-corrected chi connectivity index (χ0v) is 12.5. The summed E-state index contributed by atoms with van der Waals surface area (Å²) in [4.78, 5) is 11.3. The monoisotopic (exact) mass is 258 g/mol. The third-order valence-electron chi connectivity index (χ3n) is 2.81. The second-order valence-electron chi connectivity index (χ2n) is 5.53. The molecule has 0 aromatic carbocycles. The van der Waals surface area contributed by atoms with Crippen molar-refractivity contribution in [3.8, 4) is 0 Å². The van der Waals surface area contributed by atoms with Crippen LogP contribution in [0.5, 0.6) is 0 Å². The molecule has 0 N–H and O–H groups in total. The molecule has 0 amide bonds. The van der Waals surface area contributed by atoms with Crippen LogP contribution in [0, 0.1) is 11.8 Å². The van der Waals surface area contributed by atoms with E-state index in [2.05, 4.69) is 13.8 Å². The van der Waals surface area contributed by atoms with Gasteiger partial charge < -0.3 is 9.47 Å². The van der Waals surface area contributed by atoms with Crippen molar-refractivity contribution >= 4 is 5.78 Å². The Morgan fingerprint density at radius 2 is 1.50 bits per heavy atom. The summed E-state index contributed by atoms with van der Waals surface area (Å²) in [5, 5.41) is 0. The van der Waals surface area contributed by atoms with Gasteiger partial charge in [-0.2, -0.15) is 0 Å². The number of carbonyl (C=O) groups is 1. The van der Waals surface area contributed by atoms with Crippen molar-refractivity contribution in [1.82, 2.24) is 0 Å². The summed E-state index contributed by atoms with van der Waals surface area (Å²) in [6.45, 7) is 10.9. The second-order valence-corrected chi connectivity index (χ2v) is 5.53. The predicted octanol–water partition coefficient (Wildman–Crippen LogP) is 3.46. The molecular weight excluding hydrogens is 228 g/mol. The van der Waals surface area contributed by atoms with E-state index in [1.807, 2.05) is 13.8 Å². The molecule has 0 radical (unpaired) electrons. The number of ketones is 1. The average molecular weight is 258 g/mol. The van der Waals surface area contributed by atoms with Gasteiger partial charge >= 0.3 is 0 Å². The molecule has 18 heavy (non-hydrogen) atoms. The summed E-state index contributed by atoms with van der Waals surface area (Å²) in [6, 6.07) is 0. The Labute approximate surface area is 112 Å². The van der Waals surface area contributed by atoms with Crippen LogP contribution in [-0.2, 0) is 14.3 Å². The van der Waals surface area contributed by atoms with Gasteiger partial charge in [-0.1, -0.05) is 27.7 Å². The van der Waals surface area contributed by atoms with Crippen LogP contribution in [0.4, 0.5) is 0 Å². The first kappa shape index (κ1) is 17.6. The molecule has 0 aromatic rings. The fourth-order valence-corrected chi connectivity index (χ4v) is 1.35. The minimum absolute atomic E-state index is 0.0827. The lowest BCUT2D eigenvalue weighted by Gasteiger charge is -2.07. The zero-order chi connectivity index (χ0) is 13.8. The maximum atomic E-state index is 11.3. The maximum absolute atomic E-state index is 11.3. The van der Waals surface area contributed by atoms with E-state index in [-0.39, 0.29) is 18.3 Å². The number of ether oxygens (including phenoxy) is 2. The average Bonchev–Trinajstić information content (AvgIpc) is 2.30. The Morgan fingerprint density at radius 1 is 0.889 bits per heavy atom. The lowest BCUT2D eigenvalue weighted by molar-refractivity contribution is -0.126. The van der Waals surface area contributed by atoms with Gasteiger partial charge in [0.1, 0.15) is 6.61 Å². The number of carbonyl (C=O) groups excluding carboxylic acids is 1. The Kier molecular flexibility index (Phi) is 11.4. The van der Waals surface area contributed by atoms with Gasteiger partial charge in [-0.15, -0.1) is 0 Å². The van der Waals surface area contributed by atoms with E-state index in [9.17, 15) is 4.79 Å². The lowest BCUT2D eigenvalue weighted by atomic mass is 10.1. The predicted molar refractivity (Wildman–Crippen MR) is 74.8 cm³/mol. The third-order valence-corrected chi connectivity index (χ3v) is 2.81. The molecule has 0 fully saturated rings. The van der Waals surface area contributed by atoms with Crippen molar-refractivity contribution in [2.45, 2.75) is 53.4 Å². The van der Waals surface area contributed by atoms with Gasteiger partial charge in [0.15, 0.2) is 5.78 Å². The van der Waals surface area contributed by atoms with E-state index in [4.69, 9.17) is 9.47 Å². The zero-order valence-electron chi connectivity index (χ0n) is 12.5. The summed E-state index contributed by atoms with van der Waals surface area (Å²) >= 11 is 0. The number of rotatable bonds is 12. The van der Waals surface area contributed by atoms with Crippen molar-refractivity contribution in [3.05, 3.63) is 0 Å². The second kappa shape index (κ2) is 11.7. The molecule has 0 aliphatic carbocycles. The van der Waals surface area contributed by atoms with Crippen molar-refractivity contribution in [3.63, 3.8) is 0 Å². The molecule has 108 valence electrons. The van der Waals surface area contributed by atoms with Crippen molar-refractivity contribution in [1.29, 1.82) is 0 Å². The van der Waals surface area contributed by atoms with Gasteiger partial charge in [0, 0.05) is 25.7 Å². The molecule has 0 bridgehead atoms. The summed E-state index contributed by atoms with van der Waals surface area (Å²) in [5.41, 5.74) is 0. The molecule has 0 aromatic heterocycles. The smallest absolute Gasteiger partial charge is 0.160 e. The molecule has 0 saturated heterocycles. The topological polar surface area (TPSA) is 35.5 Å². The normalized spacial score (nSPS) is 11.4. The summed E-state index contributed by atoms with van der Waals surface area (Å²) in [7, 11) is 0. The molecular formula is C15H30O3. The van der Waals surface area contributed by atoms with Gasteiger partial charge in [0.05, 0.1) is 0 Å². The van der Waals surface area contributed by atoms with Gasteiger partial charge in [-0.25, -0.2) is 0 Å². The molecule has 0 aliphatic heterocycles. The highest BCUT2D eigenvalue weighted by atomic mass is 16.5. The minimum atomic E-state index is 0.0827. The van der Waals surface area contributed by atoms with E-state index in [1.165, 1.54) is 0 Å². The van der Waals surface area contributed by atoms with Crippen LogP contribution >= 0.6 is 0 Å². The minimum Gasteiger partial charge on any atom is -0.381 e. The van der Waals surface area contributed by atoms with E-state index >= 15 is 0 Å². The Hall–Kier alpha value is -0.410.